The number of benzene rings is 2. The standard InChI is InChI=1S/C20H21F2NO2/c1-11(2)23-15-5-6-16(18(21)10-15)17-8-12(3)14(7-13(17)4)9-19(22)20(24)25/h5-11,23H,1-4H3,(H,24,25). The Kier molecular flexibility index (Phi) is 5.57. The topological polar surface area (TPSA) is 49.3 Å². The number of carboxylic acid groups (broad SMARTS) is 1. The predicted octanol–water partition coefficient (Wildman–Crippen LogP) is 5.32. The lowest BCUT2D eigenvalue weighted by molar-refractivity contribution is -0.134. The minimum atomic E-state index is -1.61. The van der Waals surface area contributed by atoms with Gasteiger partial charge in [-0.3, -0.25) is 0 Å². The highest BCUT2D eigenvalue weighted by atomic mass is 19.1. The molecular formula is C20H21F2NO2. The van der Waals surface area contributed by atoms with E-state index >= 15 is 0 Å². The Labute approximate surface area is 146 Å². The summed E-state index contributed by atoms with van der Waals surface area (Å²) in [5.74, 6) is -3.20. The van der Waals surface area contributed by atoms with Crippen LogP contribution in [0.15, 0.2) is 36.2 Å². The molecule has 132 valence electrons. The molecule has 0 unspecified atom stereocenters. The number of halogens is 2. The van der Waals surface area contributed by atoms with Crippen molar-refractivity contribution < 1.29 is 18.7 Å². The van der Waals surface area contributed by atoms with Crippen molar-refractivity contribution in [3.8, 4) is 11.1 Å². The molecule has 0 aliphatic heterocycles. The lowest BCUT2D eigenvalue weighted by Gasteiger charge is -2.14. The lowest BCUT2D eigenvalue weighted by Crippen LogP contribution is -2.09. The summed E-state index contributed by atoms with van der Waals surface area (Å²) in [7, 11) is 0. The van der Waals surface area contributed by atoms with Crippen LogP contribution in [0.4, 0.5) is 14.5 Å². The Balaban J connectivity index is 2.46. The van der Waals surface area contributed by atoms with Crippen molar-refractivity contribution in [2.45, 2.75) is 33.7 Å². The highest BCUT2D eigenvalue weighted by Crippen LogP contribution is 2.31. The zero-order valence-corrected chi connectivity index (χ0v) is 14.7. The summed E-state index contributed by atoms with van der Waals surface area (Å²) in [6.07, 6.45) is 0.973. The molecule has 0 amide bonds. The van der Waals surface area contributed by atoms with E-state index in [1.165, 1.54) is 6.07 Å². The second-order valence-corrected chi connectivity index (χ2v) is 6.31. The average molecular weight is 345 g/mol. The first-order valence-electron chi connectivity index (χ1n) is 7.97. The van der Waals surface area contributed by atoms with Gasteiger partial charge in [0.1, 0.15) is 5.82 Å². The van der Waals surface area contributed by atoms with Gasteiger partial charge >= 0.3 is 5.97 Å². The minimum Gasteiger partial charge on any atom is -0.476 e. The number of rotatable bonds is 5. The fourth-order valence-electron chi connectivity index (χ4n) is 2.64. The van der Waals surface area contributed by atoms with E-state index in [-0.39, 0.29) is 11.9 Å². The van der Waals surface area contributed by atoms with Gasteiger partial charge in [0.05, 0.1) is 0 Å². The van der Waals surface area contributed by atoms with Gasteiger partial charge in [-0.15, -0.1) is 0 Å². The second kappa shape index (κ2) is 7.47. The molecule has 0 fully saturated rings. The normalized spacial score (nSPS) is 11.7. The maximum Gasteiger partial charge on any atom is 0.364 e. The number of nitrogens with one attached hydrogen (secondary N) is 1. The van der Waals surface area contributed by atoms with Gasteiger partial charge in [0.25, 0.3) is 0 Å². The van der Waals surface area contributed by atoms with Crippen molar-refractivity contribution in [1.82, 2.24) is 0 Å². The Morgan fingerprint density at radius 1 is 1.12 bits per heavy atom. The van der Waals surface area contributed by atoms with Crippen LogP contribution < -0.4 is 5.32 Å². The SMILES string of the molecule is Cc1cc(-c2ccc(NC(C)C)cc2F)c(C)cc1C=C(F)C(=O)O. The number of hydrogen-bond donors (Lipinski definition) is 2. The van der Waals surface area contributed by atoms with E-state index in [9.17, 15) is 13.6 Å². The van der Waals surface area contributed by atoms with Gasteiger partial charge in [0, 0.05) is 17.3 Å². The molecule has 0 radical (unpaired) electrons. The van der Waals surface area contributed by atoms with Crippen molar-refractivity contribution in [3.63, 3.8) is 0 Å². The molecule has 0 aliphatic rings. The van der Waals surface area contributed by atoms with Crippen molar-refractivity contribution in [3.05, 3.63) is 58.7 Å². The lowest BCUT2D eigenvalue weighted by atomic mass is 9.94. The summed E-state index contributed by atoms with van der Waals surface area (Å²) in [5, 5.41) is 11.8. The third-order valence-electron chi connectivity index (χ3n) is 3.81. The van der Waals surface area contributed by atoms with Crippen LogP contribution in [0.5, 0.6) is 0 Å². The molecule has 0 aliphatic carbocycles. The maximum atomic E-state index is 14.5. The van der Waals surface area contributed by atoms with E-state index in [0.29, 0.717) is 27.9 Å². The van der Waals surface area contributed by atoms with E-state index in [1.54, 1.807) is 32.0 Å². The van der Waals surface area contributed by atoms with Gasteiger partial charge in [0.2, 0.25) is 5.83 Å². The van der Waals surface area contributed by atoms with E-state index in [1.807, 2.05) is 19.9 Å². The fourth-order valence-corrected chi connectivity index (χ4v) is 2.64. The number of anilines is 1. The first kappa shape index (κ1) is 18.6. The zero-order valence-electron chi connectivity index (χ0n) is 14.7. The first-order valence-corrected chi connectivity index (χ1v) is 7.97. The molecule has 2 aromatic carbocycles. The molecule has 0 aromatic heterocycles. The van der Waals surface area contributed by atoms with Crippen LogP contribution in [0.2, 0.25) is 0 Å². The minimum absolute atomic E-state index is 0.199. The van der Waals surface area contributed by atoms with Crippen molar-refractivity contribution in [2.24, 2.45) is 0 Å². The Morgan fingerprint density at radius 2 is 1.80 bits per heavy atom. The summed E-state index contributed by atoms with van der Waals surface area (Å²) in [6, 6.07) is 8.56. The summed E-state index contributed by atoms with van der Waals surface area (Å²) < 4.78 is 27.9. The number of carbonyl (C=O) groups is 1. The van der Waals surface area contributed by atoms with E-state index in [2.05, 4.69) is 5.32 Å². The van der Waals surface area contributed by atoms with Gasteiger partial charge in [-0.25, -0.2) is 9.18 Å². The molecule has 0 saturated heterocycles. The van der Waals surface area contributed by atoms with Crippen molar-refractivity contribution >= 4 is 17.7 Å². The highest BCUT2D eigenvalue weighted by molar-refractivity contribution is 5.90. The molecule has 0 bridgehead atoms. The van der Waals surface area contributed by atoms with Gasteiger partial charge in [-0.05, 0) is 74.2 Å². The van der Waals surface area contributed by atoms with Crippen LogP contribution in [0.1, 0.15) is 30.5 Å². The summed E-state index contributed by atoms with van der Waals surface area (Å²) in [6.45, 7) is 7.46. The third-order valence-corrected chi connectivity index (χ3v) is 3.81. The number of carboxylic acids is 1. The molecule has 2 aromatic rings. The van der Waals surface area contributed by atoms with Gasteiger partial charge in [-0.2, -0.15) is 4.39 Å². The quantitative estimate of drug-likeness (QED) is 0.721. The Bertz CT molecular complexity index is 842. The number of hydrogen-bond acceptors (Lipinski definition) is 2. The molecular weight excluding hydrogens is 324 g/mol. The first-order chi connectivity index (χ1) is 11.7. The average Bonchev–Trinajstić information content (AvgIpc) is 2.50. The van der Waals surface area contributed by atoms with Crippen molar-refractivity contribution in [2.75, 3.05) is 5.32 Å². The molecule has 2 N–H and O–H groups in total. The fraction of sp³-hybridized carbons (Fsp3) is 0.250. The monoisotopic (exact) mass is 345 g/mol. The molecule has 0 saturated carbocycles. The smallest absolute Gasteiger partial charge is 0.364 e. The van der Waals surface area contributed by atoms with Crippen LogP contribution in [0, 0.1) is 19.7 Å². The van der Waals surface area contributed by atoms with Crippen LogP contribution in [0.25, 0.3) is 17.2 Å². The van der Waals surface area contributed by atoms with Gasteiger partial charge in [0.15, 0.2) is 0 Å². The van der Waals surface area contributed by atoms with Gasteiger partial charge < -0.3 is 10.4 Å². The molecule has 3 nitrogen and oxygen atoms in total. The molecule has 0 heterocycles. The molecule has 0 atom stereocenters. The van der Waals surface area contributed by atoms with Crippen LogP contribution in [-0.2, 0) is 4.79 Å². The predicted molar refractivity (Wildman–Crippen MR) is 96.8 cm³/mol. The van der Waals surface area contributed by atoms with E-state index < -0.39 is 11.8 Å². The summed E-state index contributed by atoms with van der Waals surface area (Å²) >= 11 is 0. The molecule has 5 heteroatoms. The van der Waals surface area contributed by atoms with E-state index in [0.717, 1.165) is 11.6 Å². The molecule has 0 spiro atoms. The summed E-state index contributed by atoms with van der Waals surface area (Å²) in [4.78, 5) is 10.6. The second-order valence-electron chi connectivity index (χ2n) is 6.31. The summed E-state index contributed by atoms with van der Waals surface area (Å²) in [5.41, 5.74) is 3.70. The molecule has 2 rings (SSSR count). The largest absolute Gasteiger partial charge is 0.476 e. The number of aryl methyl sites for hydroxylation is 2. The highest BCUT2D eigenvalue weighted by Gasteiger charge is 2.13. The van der Waals surface area contributed by atoms with Crippen LogP contribution in [-0.4, -0.2) is 17.1 Å². The zero-order chi connectivity index (χ0) is 18.7. The number of aliphatic carboxylic acids is 1. The van der Waals surface area contributed by atoms with Crippen LogP contribution in [0.3, 0.4) is 0 Å². The Morgan fingerprint density at radius 3 is 2.36 bits per heavy atom. The maximum absolute atomic E-state index is 14.5. The molecule has 25 heavy (non-hydrogen) atoms. The van der Waals surface area contributed by atoms with Gasteiger partial charge in [-0.1, -0.05) is 12.1 Å². The Hall–Kier alpha value is -2.69. The van der Waals surface area contributed by atoms with E-state index in [4.69, 9.17) is 5.11 Å². The van der Waals surface area contributed by atoms with Crippen molar-refractivity contribution in [1.29, 1.82) is 0 Å². The third kappa shape index (κ3) is 4.44. The van der Waals surface area contributed by atoms with Crippen LogP contribution >= 0.6 is 0 Å².